The van der Waals surface area contributed by atoms with Crippen LogP contribution in [0.1, 0.15) is 41.6 Å². The van der Waals surface area contributed by atoms with Crippen LogP contribution in [0.2, 0.25) is 0 Å². The Bertz CT molecular complexity index is 843. The van der Waals surface area contributed by atoms with Crippen molar-refractivity contribution in [2.75, 3.05) is 13.1 Å². The monoisotopic (exact) mass is 387 g/mol. The predicted octanol–water partition coefficient (Wildman–Crippen LogP) is 4.31. The number of Topliss-reactive ketones (excluding diaryl/α,β-unsaturated/α-hetero) is 1. The third-order valence-corrected chi connectivity index (χ3v) is 4.93. The van der Waals surface area contributed by atoms with Crippen LogP contribution in [0.5, 0.6) is 5.75 Å². The molecule has 0 aromatic heterocycles. The number of carbonyl (C=O) groups is 2. The first-order valence-electron chi connectivity index (χ1n) is 9.42. The van der Waals surface area contributed by atoms with Gasteiger partial charge in [-0.3, -0.25) is 9.59 Å². The van der Waals surface area contributed by atoms with Gasteiger partial charge in [0, 0.05) is 50.4 Å². The third-order valence-electron chi connectivity index (χ3n) is 4.93. The van der Waals surface area contributed by atoms with Crippen molar-refractivity contribution in [2.45, 2.75) is 38.7 Å². The average Bonchev–Trinajstić information content (AvgIpc) is 2.70. The Morgan fingerprint density at radius 1 is 1.00 bits per heavy atom. The molecule has 28 heavy (non-hydrogen) atoms. The van der Waals surface area contributed by atoms with E-state index >= 15 is 0 Å². The van der Waals surface area contributed by atoms with Gasteiger partial charge >= 0.3 is 0 Å². The average molecular weight is 387 g/mol. The molecule has 0 atom stereocenters. The van der Waals surface area contributed by atoms with E-state index in [4.69, 9.17) is 4.74 Å². The Morgan fingerprint density at radius 3 is 2.32 bits per heavy atom. The highest BCUT2D eigenvalue weighted by atomic mass is 19.2. The van der Waals surface area contributed by atoms with Gasteiger partial charge < -0.3 is 9.64 Å². The number of benzene rings is 2. The van der Waals surface area contributed by atoms with Crippen LogP contribution in [0.3, 0.4) is 0 Å². The number of likely N-dealkylation sites (tertiary alicyclic amines) is 1. The molecular weight excluding hydrogens is 364 g/mol. The zero-order chi connectivity index (χ0) is 20.1. The maximum atomic E-state index is 13.3. The molecule has 6 heteroatoms. The quantitative estimate of drug-likeness (QED) is 0.694. The van der Waals surface area contributed by atoms with Crippen LogP contribution < -0.4 is 4.74 Å². The van der Waals surface area contributed by atoms with Crippen molar-refractivity contribution >= 4 is 11.7 Å². The molecule has 2 aromatic rings. The van der Waals surface area contributed by atoms with Gasteiger partial charge in [-0.2, -0.15) is 0 Å². The fraction of sp³-hybridized carbons (Fsp3) is 0.364. The number of ketones is 1. The lowest BCUT2D eigenvalue weighted by Gasteiger charge is -2.32. The molecule has 1 aliphatic rings. The Hall–Kier alpha value is -2.76. The van der Waals surface area contributed by atoms with E-state index in [2.05, 4.69) is 0 Å². The van der Waals surface area contributed by atoms with E-state index in [0.29, 0.717) is 31.5 Å². The van der Waals surface area contributed by atoms with Crippen LogP contribution in [0, 0.1) is 18.6 Å². The fourth-order valence-electron chi connectivity index (χ4n) is 3.23. The number of ether oxygens (including phenoxy) is 1. The number of amides is 1. The lowest BCUT2D eigenvalue weighted by molar-refractivity contribution is -0.132. The second kappa shape index (κ2) is 8.95. The van der Waals surface area contributed by atoms with E-state index < -0.39 is 11.6 Å². The predicted molar refractivity (Wildman–Crippen MR) is 101 cm³/mol. The second-order valence-electron chi connectivity index (χ2n) is 7.06. The highest BCUT2D eigenvalue weighted by Crippen LogP contribution is 2.21. The Balaban J connectivity index is 1.43. The molecule has 0 spiro atoms. The largest absolute Gasteiger partial charge is 0.490 e. The Morgan fingerprint density at radius 2 is 1.68 bits per heavy atom. The number of carbonyl (C=O) groups excluding carboxylic acids is 2. The molecule has 1 fully saturated rings. The molecule has 0 aliphatic carbocycles. The maximum absolute atomic E-state index is 13.3. The molecule has 3 rings (SSSR count). The molecule has 148 valence electrons. The summed E-state index contributed by atoms with van der Waals surface area (Å²) in [6, 6.07) is 10.8. The van der Waals surface area contributed by atoms with E-state index in [1.54, 1.807) is 17.0 Å². The number of piperidine rings is 1. The zero-order valence-corrected chi connectivity index (χ0v) is 15.8. The van der Waals surface area contributed by atoms with Crippen LogP contribution in [0.15, 0.2) is 42.5 Å². The summed E-state index contributed by atoms with van der Waals surface area (Å²) in [4.78, 5) is 26.3. The van der Waals surface area contributed by atoms with Gasteiger partial charge in [-0.05, 0) is 19.1 Å². The van der Waals surface area contributed by atoms with E-state index in [1.807, 2.05) is 19.1 Å². The van der Waals surface area contributed by atoms with Crippen molar-refractivity contribution in [2.24, 2.45) is 0 Å². The van der Waals surface area contributed by atoms with Crippen LogP contribution in [-0.2, 0) is 4.79 Å². The van der Waals surface area contributed by atoms with E-state index in [9.17, 15) is 18.4 Å². The lowest BCUT2D eigenvalue weighted by atomic mass is 10.0. The topological polar surface area (TPSA) is 46.6 Å². The highest BCUT2D eigenvalue weighted by molar-refractivity contribution is 5.97. The van der Waals surface area contributed by atoms with E-state index in [1.165, 1.54) is 6.07 Å². The molecule has 2 aromatic carbocycles. The molecule has 4 nitrogen and oxygen atoms in total. The molecule has 0 unspecified atom stereocenters. The van der Waals surface area contributed by atoms with Crippen molar-refractivity contribution in [1.29, 1.82) is 0 Å². The van der Waals surface area contributed by atoms with Gasteiger partial charge in [-0.25, -0.2) is 8.78 Å². The summed E-state index contributed by atoms with van der Waals surface area (Å²) < 4.78 is 31.9. The summed E-state index contributed by atoms with van der Waals surface area (Å²) >= 11 is 0. The number of halogens is 2. The first-order chi connectivity index (χ1) is 13.4. The molecule has 1 aliphatic heterocycles. The first kappa shape index (κ1) is 20.0. The summed E-state index contributed by atoms with van der Waals surface area (Å²) in [5, 5.41) is 0. The van der Waals surface area contributed by atoms with E-state index in [-0.39, 0.29) is 36.4 Å². The van der Waals surface area contributed by atoms with Crippen LogP contribution in [-0.4, -0.2) is 35.8 Å². The van der Waals surface area contributed by atoms with Gasteiger partial charge in [0.2, 0.25) is 5.91 Å². The summed E-state index contributed by atoms with van der Waals surface area (Å²) in [7, 11) is 0. The SMILES string of the molecule is Cc1ccc(C(=O)CCC(=O)N2CCC(Oc3ccc(F)c(F)c3)CC2)cc1. The number of nitrogens with zero attached hydrogens (tertiary/aromatic N) is 1. The normalized spacial score (nSPS) is 14.8. The minimum atomic E-state index is -0.941. The molecular formula is C22H23F2NO3. The van der Waals surface area contributed by atoms with Gasteiger partial charge in [0.05, 0.1) is 0 Å². The van der Waals surface area contributed by atoms with Crippen molar-refractivity contribution in [1.82, 2.24) is 4.90 Å². The van der Waals surface area contributed by atoms with Crippen LogP contribution >= 0.6 is 0 Å². The number of hydrogen-bond donors (Lipinski definition) is 0. The molecule has 0 saturated carbocycles. The molecule has 1 heterocycles. The van der Waals surface area contributed by atoms with Crippen LogP contribution in [0.25, 0.3) is 0 Å². The van der Waals surface area contributed by atoms with Crippen molar-refractivity contribution < 1.29 is 23.1 Å². The van der Waals surface area contributed by atoms with Gasteiger partial charge in [-0.15, -0.1) is 0 Å². The smallest absolute Gasteiger partial charge is 0.223 e. The maximum Gasteiger partial charge on any atom is 0.223 e. The van der Waals surface area contributed by atoms with Gasteiger partial charge in [0.15, 0.2) is 17.4 Å². The summed E-state index contributed by atoms with van der Waals surface area (Å²) in [5.41, 5.74) is 1.71. The van der Waals surface area contributed by atoms with Crippen LogP contribution in [0.4, 0.5) is 8.78 Å². The number of rotatable bonds is 6. The molecule has 1 saturated heterocycles. The van der Waals surface area contributed by atoms with Gasteiger partial charge in [0.25, 0.3) is 0 Å². The Kier molecular flexibility index (Phi) is 6.39. The zero-order valence-electron chi connectivity index (χ0n) is 15.8. The molecule has 0 N–H and O–H groups in total. The van der Waals surface area contributed by atoms with E-state index in [0.717, 1.165) is 17.7 Å². The van der Waals surface area contributed by atoms with Gasteiger partial charge in [-0.1, -0.05) is 29.8 Å². The number of aryl methyl sites for hydroxylation is 1. The minimum Gasteiger partial charge on any atom is -0.490 e. The summed E-state index contributed by atoms with van der Waals surface area (Å²) in [5.74, 6) is -1.65. The van der Waals surface area contributed by atoms with Crippen molar-refractivity contribution in [3.63, 3.8) is 0 Å². The molecule has 0 radical (unpaired) electrons. The third kappa shape index (κ3) is 5.15. The lowest BCUT2D eigenvalue weighted by Crippen LogP contribution is -2.41. The summed E-state index contributed by atoms with van der Waals surface area (Å²) in [6.07, 6.45) is 1.44. The van der Waals surface area contributed by atoms with Crippen molar-refractivity contribution in [3.8, 4) is 5.75 Å². The fourth-order valence-corrected chi connectivity index (χ4v) is 3.23. The number of hydrogen-bond acceptors (Lipinski definition) is 3. The summed E-state index contributed by atoms with van der Waals surface area (Å²) in [6.45, 7) is 3.00. The molecule has 0 bridgehead atoms. The molecule has 1 amide bonds. The van der Waals surface area contributed by atoms with Gasteiger partial charge in [0.1, 0.15) is 11.9 Å². The second-order valence-corrected chi connectivity index (χ2v) is 7.06. The first-order valence-corrected chi connectivity index (χ1v) is 9.42. The minimum absolute atomic E-state index is 0.0371. The standard InChI is InChI=1S/C22H23F2NO3/c1-15-2-4-16(5-3-15)21(26)8-9-22(27)25-12-10-17(11-13-25)28-18-6-7-19(23)20(24)14-18/h2-7,14,17H,8-13H2,1H3. The van der Waals surface area contributed by atoms with Crippen molar-refractivity contribution in [3.05, 3.63) is 65.2 Å². The highest BCUT2D eigenvalue weighted by Gasteiger charge is 2.24. The Labute approximate surface area is 163 Å².